The van der Waals surface area contributed by atoms with E-state index in [0.29, 0.717) is 19.1 Å². The predicted molar refractivity (Wildman–Crippen MR) is 81.9 cm³/mol. The number of methoxy groups -OCH3 is 1. The second-order valence-corrected chi connectivity index (χ2v) is 5.79. The van der Waals surface area contributed by atoms with Crippen molar-refractivity contribution in [3.63, 3.8) is 0 Å². The van der Waals surface area contributed by atoms with Crippen LogP contribution in [0.5, 0.6) is 0 Å². The van der Waals surface area contributed by atoms with Crippen molar-refractivity contribution in [2.75, 3.05) is 33.3 Å². The fraction of sp³-hybridized carbons (Fsp3) is 0.929. The van der Waals surface area contributed by atoms with Crippen LogP contribution in [0.15, 0.2) is 5.11 Å². The van der Waals surface area contributed by atoms with E-state index in [-0.39, 0.29) is 5.97 Å². The van der Waals surface area contributed by atoms with E-state index in [4.69, 9.17) is 10.3 Å². The van der Waals surface area contributed by atoms with Crippen LogP contribution in [0.4, 0.5) is 0 Å². The van der Waals surface area contributed by atoms with Gasteiger partial charge in [-0.15, -0.1) is 0 Å². The maximum Gasteiger partial charge on any atom is 0.326 e. The first-order valence-corrected chi connectivity index (χ1v) is 7.64. The number of rotatable bonds is 7. The van der Waals surface area contributed by atoms with Gasteiger partial charge in [-0.25, -0.2) is 0 Å². The van der Waals surface area contributed by atoms with Crippen molar-refractivity contribution in [2.24, 2.45) is 5.11 Å². The van der Waals surface area contributed by atoms with E-state index < -0.39 is 5.54 Å². The summed E-state index contributed by atoms with van der Waals surface area (Å²) in [6, 6.07) is 0.489. The van der Waals surface area contributed by atoms with Crippen molar-refractivity contribution in [3.05, 3.63) is 10.4 Å². The molecule has 1 N–H and O–H groups in total. The smallest absolute Gasteiger partial charge is 0.326 e. The first-order valence-electron chi connectivity index (χ1n) is 7.64. The highest BCUT2D eigenvalue weighted by Gasteiger charge is 2.40. The maximum atomic E-state index is 12.3. The Morgan fingerprint density at radius 2 is 2.24 bits per heavy atom. The molecule has 21 heavy (non-hydrogen) atoms. The second kappa shape index (κ2) is 8.87. The van der Waals surface area contributed by atoms with Crippen molar-refractivity contribution in [1.29, 1.82) is 0 Å². The van der Waals surface area contributed by atoms with Gasteiger partial charge in [-0.3, -0.25) is 4.79 Å². The first kappa shape index (κ1) is 17.8. The molecule has 0 radical (unpaired) electrons. The molecular weight excluding hydrogens is 270 g/mol. The van der Waals surface area contributed by atoms with Gasteiger partial charge in [-0.1, -0.05) is 5.11 Å². The molecule has 1 fully saturated rings. The molecule has 0 saturated carbocycles. The average Bonchev–Trinajstić information content (AvgIpc) is 2.70. The van der Waals surface area contributed by atoms with Gasteiger partial charge in [-0.2, -0.15) is 0 Å². The molecule has 1 atom stereocenters. The summed E-state index contributed by atoms with van der Waals surface area (Å²) in [6.07, 6.45) is 3.22. The van der Waals surface area contributed by atoms with Crippen LogP contribution in [0.25, 0.3) is 10.4 Å². The number of hydrogen-bond acceptors (Lipinski definition) is 5. The number of nitrogens with zero attached hydrogens (tertiary/aromatic N) is 4. The summed E-state index contributed by atoms with van der Waals surface area (Å²) < 4.78 is 5.02. The Labute approximate surface area is 126 Å². The second-order valence-electron chi connectivity index (χ2n) is 5.79. The predicted octanol–water partition coefficient (Wildman–Crippen LogP) is 2.08. The van der Waals surface area contributed by atoms with Gasteiger partial charge in [0.15, 0.2) is 0 Å². The molecule has 0 amide bonds. The number of esters is 1. The SMILES string of the molecule is COC(=O)C1(NCCCN=[N+]=[N-])CCCN(C(C)C)CC1. The summed E-state index contributed by atoms with van der Waals surface area (Å²) in [5.41, 5.74) is 7.67. The molecule has 7 nitrogen and oxygen atoms in total. The van der Waals surface area contributed by atoms with E-state index in [9.17, 15) is 4.79 Å². The minimum atomic E-state index is -0.602. The minimum absolute atomic E-state index is 0.183. The van der Waals surface area contributed by atoms with Crippen molar-refractivity contribution in [3.8, 4) is 0 Å². The van der Waals surface area contributed by atoms with E-state index >= 15 is 0 Å². The summed E-state index contributed by atoms with van der Waals surface area (Å²) >= 11 is 0. The van der Waals surface area contributed by atoms with E-state index in [0.717, 1.165) is 38.8 Å². The highest BCUT2D eigenvalue weighted by Crippen LogP contribution is 2.25. The standard InChI is InChI=1S/C14H27N5O2/c1-12(2)19-10-4-6-14(7-11-19,13(20)21-3)16-8-5-9-17-18-15/h12,16H,4-11H2,1-3H3. The number of carbonyl (C=O) groups is 1. The maximum absolute atomic E-state index is 12.3. The molecule has 0 aromatic carbocycles. The molecule has 0 aromatic heterocycles. The molecule has 7 heteroatoms. The summed E-state index contributed by atoms with van der Waals surface area (Å²) in [4.78, 5) is 17.4. The van der Waals surface area contributed by atoms with Crippen molar-refractivity contribution in [1.82, 2.24) is 10.2 Å². The van der Waals surface area contributed by atoms with Gasteiger partial charge in [0.1, 0.15) is 5.54 Å². The van der Waals surface area contributed by atoms with Gasteiger partial charge in [0.25, 0.3) is 0 Å². The van der Waals surface area contributed by atoms with Crippen LogP contribution in [0, 0.1) is 0 Å². The Morgan fingerprint density at radius 1 is 1.48 bits per heavy atom. The lowest BCUT2D eigenvalue weighted by Gasteiger charge is -2.31. The summed E-state index contributed by atoms with van der Waals surface area (Å²) in [5.74, 6) is -0.183. The highest BCUT2D eigenvalue weighted by atomic mass is 16.5. The summed E-state index contributed by atoms with van der Waals surface area (Å²) in [5, 5.41) is 6.87. The minimum Gasteiger partial charge on any atom is -0.468 e. The average molecular weight is 297 g/mol. The molecule has 0 spiro atoms. The Bertz CT molecular complexity index is 382. The van der Waals surface area contributed by atoms with E-state index in [1.807, 2.05) is 0 Å². The molecule has 0 bridgehead atoms. The lowest BCUT2D eigenvalue weighted by atomic mass is 9.90. The zero-order valence-corrected chi connectivity index (χ0v) is 13.3. The molecular formula is C14H27N5O2. The number of hydrogen-bond donors (Lipinski definition) is 1. The van der Waals surface area contributed by atoms with Crippen molar-refractivity contribution >= 4 is 5.97 Å². The van der Waals surface area contributed by atoms with Crippen molar-refractivity contribution in [2.45, 2.75) is 51.1 Å². The summed E-state index contributed by atoms with van der Waals surface area (Å²) in [7, 11) is 1.44. The van der Waals surface area contributed by atoms with Crippen LogP contribution < -0.4 is 5.32 Å². The molecule has 0 aromatic rings. The largest absolute Gasteiger partial charge is 0.468 e. The topological polar surface area (TPSA) is 90.3 Å². The number of nitrogens with one attached hydrogen (secondary N) is 1. The van der Waals surface area contributed by atoms with Crippen molar-refractivity contribution < 1.29 is 9.53 Å². The third-order valence-corrected chi connectivity index (χ3v) is 4.14. The zero-order chi connectivity index (χ0) is 15.7. The number of likely N-dealkylation sites (tertiary alicyclic amines) is 1. The highest BCUT2D eigenvalue weighted by molar-refractivity contribution is 5.80. The van der Waals surface area contributed by atoms with E-state index in [2.05, 4.69) is 34.1 Å². The third-order valence-electron chi connectivity index (χ3n) is 4.14. The van der Waals surface area contributed by atoms with E-state index in [1.54, 1.807) is 0 Å². The molecule has 120 valence electrons. The van der Waals surface area contributed by atoms with Crippen LogP contribution in [0.2, 0.25) is 0 Å². The quantitative estimate of drug-likeness (QED) is 0.256. The van der Waals surface area contributed by atoms with Gasteiger partial charge in [0, 0.05) is 24.0 Å². The Hall–Kier alpha value is -1.30. The monoisotopic (exact) mass is 297 g/mol. The van der Waals surface area contributed by atoms with Gasteiger partial charge in [0.2, 0.25) is 0 Å². The molecule has 1 aliphatic heterocycles. The van der Waals surface area contributed by atoms with Crippen LogP contribution in [0.1, 0.15) is 39.5 Å². The fourth-order valence-corrected chi connectivity index (χ4v) is 2.84. The van der Waals surface area contributed by atoms with Gasteiger partial charge in [0.05, 0.1) is 7.11 Å². The van der Waals surface area contributed by atoms with Gasteiger partial charge >= 0.3 is 5.97 Å². The summed E-state index contributed by atoms with van der Waals surface area (Å²) in [6.45, 7) is 7.35. The molecule has 1 rings (SSSR count). The van der Waals surface area contributed by atoms with Crippen LogP contribution in [-0.4, -0.2) is 55.7 Å². The number of azide groups is 1. The molecule has 0 aliphatic carbocycles. The number of carbonyl (C=O) groups excluding carboxylic acids is 1. The van der Waals surface area contributed by atoms with E-state index in [1.165, 1.54) is 7.11 Å². The lowest BCUT2D eigenvalue weighted by molar-refractivity contribution is -0.149. The lowest BCUT2D eigenvalue weighted by Crippen LogP contribution is -2.53. The molecule has 1 aliphatic rings. The zero-order valence-electron chi connectivity index (χ0n) is 13.3. The normalized spacial score (nSPS) is 23.4. The Kier molecular flexibility index (Phi) is 7.50. The van der Waals surface area contributed by atoms with Crippen LogP contribution in [-0.2, 0) is 9.53 Å². The van der Waals surface area contributed by atoms with Crippen LogP contribution >= 0.6 is 0 Å². The Morgan fingerprint density at radius 3 is 2.86 bits per heavy atom. The fourth-order valence-electron chi connectivity index (χ4n) is 2.84. The van der Waals surface area contributed by atoms with Gasteiger partial charge in [-0.05, 0) is 58.2 Å². The molecule has 1 unspecified atom stereocenters. The number of ether oxygens (including phenoxy) is 1. The molecule has 1 saturated heterocycles. The third kappa shape index (κ3) is 5.19. The molecule has 1 heterocycles. The van der Waals surface area contributed by atoms with Crippen LogP contribution in [0.3, 0.4) is 0 Å². The first-order chi connectivity index (χ1) is 10.1. The van der Waals surface area contributed by atoms with Gasteiger partial charge < -0.3 is 15.0 Å². The Balaban J connectivity index is 2.65.